The van der Waals surface area contributed by atoms with Crippen LogP contribution < -0.4 is 51.4 Å². The zero-order valence-corrected chi connectivity index (χ0v) is 25.9. The number of hydrogen-bond acceptors (Lipinski definition) is 3. The van der Waals surface area contributed by atoms with Gasteiger partial charge in [-0.15, -0.1) is 0 Å². The molecule has 3 saturated carbocycles. The molecule has 4 aliphatic carbocycles. The minimum absolute atomic E-state index is 0. The van der Waals surface area contributed by atoms with Crippen LogP contribution in [0.15, 0.2) is 11.6 Å². The molecular formula is C27H47KO4S. The van der Waals surface area contributed by atoms with E-state index in [4.69, 9.17) is 8.74 Å². The van der Waals surface area contributed by atoms with Gasteiger partial charge >= 0.3 is 61.8 Å². The van der Waals surface area contributed by atoms with Crippen molar-refractivity contribution in [3.8, 4) is 0 Å². The van der Waals surface area contributed by atoms with Crippen molar-refractivity contribution in [2.24, 2.45) is 46.3 Å². The molecule has 3 fully saturated rings. The maximum Gasteiger partial charge on any atom is 1.00 e. The standard InChI is InChI=1S/C27H46O4S.K.H/c1-18(2)7-6-8-19(3)23-11-12-24-22-10-9-20-17-21(31-32(28,29)30)13-15-26(20,4)25(22)14-16-27(23,24)5;;/h9,18-19,21-25H,6-8,10-17H2,1-5H3,(H,28,29,30);;/q;+1;-1/t19-,21?,22-,23-,24?,25-,26+,27-;;/m1../s1. The number of allylic oxidation sites excluding steroid dienone is 1. The van der Waals surface area contributed by atoms with Crippen molar-refractivity contribution in [1.82, 2.24) is 0 Å². The fourth-order valence-corrected chi connectivity index (χ4v) is 9.41. The minimum atomic E-state index is -4.38. The van der Waals surface area contributed by atoms with Crippen molar-refractivity contribution >= 4 is 10.4 Å². The van der Waals surface area contributed by atoms with Gasteiger partial charge in [0.1, 0.15) is 0 Å². The molecule has 4 rings (SSSR count). The van der Waals surface area contributed by atoms with Gasteiger partial charge < -0.3 is 1.43 Å². The Balaban J connectivity index is 0.00000204. The average Bonchev–Trinajstić information content (AvgIpc) is 3.04. The van der Waals surface area contributed by atoms with E-state index in [2.05, 4.69) is 40.7 Å². The van der Waals surface area contributed by atoms with E-state index in [1.165, 1.54) is 50.5 Å². The van der Waals surface area contributed by atoms with Crippen molar-refractivity contribution in [2.75, 3.05) is 0 Å². The van der Waals surface area contributed by atoms with E-state index in [0.717, 1.165) is 42.4 Å². The molecule has 0 saturated heterocycles. The SMILES string of the molecule is CC(C)CCC[C@@H](C)[C@H]1CCC2[C@H]3CC=C4CC(OS(=O)(=O)O)CC[C@]4(C)[C@@H]3CC[C@@]21C.[H-].[K+]. The second-order valence-corrected chi connectivity index (χ2v) is 13.7. The van der Waals surface area contributed by atoms with E-state index in [0.29, 0.717) is 24.2 Å². The molecule has 0 aromatic heterocycles. The van der Waals surface area contributed by atoms with Gasteiger partial charge in [-0.25, -0.2) is 4.18 Å². The van der Waals surface area contributed by atoms with Crippen LogP contribution in [0.25, 0.3) is 0 Å². The normalized spacial score (nSPS) is 41.4. The maximum absolute atomic E-state index is 11.2. The van der Waals surface area contributed by atoms with Crippen LogP contribution in [0.1, 0.15) is 107 Å². The summed E-state index contributed by atoms with van der Waals surface area (Å²) in [6.07, 6.45) is 15.1. The Bertz CT molecular complexity index is 830. The van der Waals surface area contributed by atoms with Crippen molar-refractivity contribution < 1.29 is 70.0 Å². The second-order valence-electron chi connectivity index (χ2n) is 12.7. The summed E-state index contributed by atoms with van der Waals surface area (Å²) in [5, 5.41) is 0. The fraction of sp³-hybridized carbons (Fsp3) is 0.926. The summed E-state index contributed by atoms with van der Waals surface area (Å²) in [6, 6.07) is 0. The van der Waals surface area contributed by atoms with Gasteiger partial charge in [-0.1, -0.05) is 65.5 Å². The average molecular weight is 507 g/mol. The van der Waals surface area contributed by atoms with Crippen LogP contribution in [0.2, 0.25) is 0 Å². The summed E-state index contributed by atoms with van der Waals surface area (Å²) in [4.78, 5) is 0. The number of hydrogen-bond donors (Lipinski definition) is 1. The molecule has 4 nitrogen and oxygen atoms in total. The molecule has 186 valence electrons. The Morgan fingerprint density at radius 2 is 1.82 bits per heavy atom. The first-order valence-electron chi connectivity index (χ1n) is 13.3. The van der Waals surface area contributed by atoms with Crippen LogP contribution in [0, 0.1) is 46.3 Å². The van der Waals surface area contributed by atoms with Crippen LogP contribution in [0.4, 0.5) is 0 Å². The Morgan fingerprint density at radius 3 is 2.48 bits per heavy atom. The Hall–Kier alpha value is 1.25. The van der Waals surface area contributed by atoms with Crippen LogP contribution in [0.5, 0.6) is 0 Å². The van der Waals surface area contributed by atoms with Crippen molar-refractivity contribution in [1.29, 1.82) is 0 Å². The zero-order chi connectivity index (χ0) is 23.3. The Kier molecular flexibility index (Phi) is 9.54. The first-order valence-corrected chi connectivity index (χ1v) is 14.7. The summed E-state index contributed by atoms with van der Waals surface area (Å²) < 4.78 is 36.6. The van der Waals surface area contributed by atoms with E-state index in [1.54, 1.807) is 0 Å². The fourth-order valence-electron chi connectivity index (χ4n) is 8.91. The first-order chi connectivity index (χ1) is 14.9. The molecule has 33 heavy (non-hydrogen) atoms. The van der Waals surface area contributed by atoms with E-state index in [-0.39, 0.29) is 58.2 Å². The van der Waals surface area contributed by atoms with Gasteiger partial charge in [0.15, 0.2) is 0 Å². The monoisotopic (exact) mass is 506 g/mol. The molecule has 0 aromatic carbocycles. The molecule has 1 N–H and O–H groups in total. The van der Waals surface area contributed by atoms with Crippen LogP contribution in [-0.4, -0.2) is 19.1 Å². The number of fused-ring (bicyclic) bond motifs is 5. The molecule has 6 heteroatoms. The molecule has 8 atom stereocenters. The molecule has 0 spiro atoms. The minimum Gasteiger partial charge on any atom is -1.00 e. The van der Waals surface area contributed by atoms with E-state index < -0.39 is 16.5 Å². The largest absolute Gasteiger partial charge is 1.00 e. The van der Waals surface area contributed by atoms with Crippen molar-refractivity contribution in [2.45, 2.75) is 111 Å². The number of rotatable bonds is 7. The van der Waals surface area contributed by atoms with Crippen LogP contribution >= 0.6 is 0 Å². The Labute approximate surface area is 247 Å². The van der Waals surface area contributed by atoms with Gasteiger partial charge in [0.05, 0.1) is 6.10 Å². The molecule has 2 unspecified atom stereocenters. The predicted molar refractivity (Wildman–Crippen MR) is 131 cm³/mol. The zero-order valence-electron chi connectivity index (χ0n) is 23.0. The van der Waals surface area contributed by atoms with Gasteiger partial charge in [0, 0.05) is 0 Å². The van der Waals surface area contributed by atoms with Gasteiger partial charge in [0.25, 0.3) is 0 Å². The molecule has 0 amide bonds. The summed E-state index contributed by atoms with van der Waals surface area (Å²) in [6.45, 7) is 12.3. The molecule has 0 bridgehead atoms. The Morgan fingerprint density at radius 1 is 1.09 bits per heavy atom. The van der Waals surface area contributed by atoms with Crippen molar-refractivity contribution in [3.63, 3.8) is 0 Å². The second kappa shape index (κ2) is 10.9. The topological polar surface area (TPSA) is 63.6 Å². The smallest absolute Gasteiger partial charge is 1.00 e. The van der Waals surface area contributed by atoms with E-state index in [1.807, 2.05) is 0 Å². The molecule has 0 heterocycles. The van der Waals surface area contributed by atoms with Crippen LogP contribution in [-0.2, 0) is 14.6 Å². The third kappa shape index (κ3) is 5.89. The molecule has 4 aliphatic rings. The van der Waals surface area contributed by atoms with Gasteiger partial charge in [-0.05, 0) is 97.7 Å². The summed E-state index contributed by atoms with van der Waals surface area (Å²) >= 11 is 0. The molecule has 0 aromatic rings. The van der Waals surface area contributed by atoms with Crippen LogP contribution in [0.3, 0.4) is 0 Å². The summed E-state index contributed by atoms with van der Waals surface area (Å²) in [7, 11) is -4.38. The van der Waals surface area contributed by atoms with E-state index >= 15 is 0 Å². The summed E-state index contributed by atoms with van der Waals surface area (Å²) in [5.41, 5.74) is 2.05. The molecular weight excluding hydrogens is 459 g/mol. The third-order valence-corrected chi connectivity index (χ3v) is 11.0. The maximum atomic E-state index is 11.2. The van der Waals surface area contributed by atoms with Gasteiger partial charge in [0.2, 0.25) is 0 Å². The summed E-state index contributed by atoms with van der Waals surface area (Å²) in [5.74, 6) is 4.83. The quantitative estimate of drug-likeness (QED) is 0.317. The predicted octanol–water partition coefficient (Wildman–Crippen LogP) is 4.33. The van der Waals surface area contributed by atoms with Gasteiger partial charge in [-0.2, -0.15) is 8.42 Å². The van der Waals surface area contributed by atoms with E-state index in [9.17, 15) is 8.42 Å². The molecule has 0 radical (unpaired) electrons. The van der Waals surface area contributed by atoms with Crippen molar-refractivity contribution in [3.05, 3.63) is 11.6 Å². The third-order valence-electron chi connectivity index (χ3n) is 10.5. The first kappa shape index (κ1) is 28.8. The van der Waals surface area contributed by atoms with Gasteiger partial charge in [-0.3, -0.25) is 4.55 Å². The molecule has 0 aliphatic heterocycles.